The van der Waals surface area contributed by atoms with Crippen molar-refractivity contribution in [3.05, 3.63) is 108 Å². The van der Waals surface area contributed by atoms with Gasteiger partial charge >= 0.3 is 0 Å². The molecule has 76 heavy (non-hydrogen) atoms. The summed E-state index contributed by atoms with van der Waals surface area (Å²) in [6.07, 6.45) is -1.38. The molecule has 434 valence electrons. The maximum atomic E-state index is 7.03. The predicted molar refractivity (Wildman–Crippen MR) is 297 cm³/mol. The first-order chi connectivity index (χ1) is 36.3. The van der Waals surface area contributed by atoms with Gasteiger partial charge in [0.2, 0.25) is 0 Å². The zero-order valence-corrected chi connectivity index (χ0v) is 49.1. The lowest BCUT2D eigenvalue weighted by atomic mass is 9.80. The first-order valence-corrected chi connectivity index (χ1v) is 27.7. The molecule has 0 aliphatic rings. The third kappa shape index (κ3) is 28.3. The average Bonchev–Trinajstić information content (AvgIpc) is 3.41. The second kappa shape index (κ2) is 37.8. The predicted octanol–water partition coefficient (Wildman–Crippen LogP) is 10.3. The van der Waals surface area contributed by atoms with Crippen molar-refractivity contribution in [3.8, 4) is 0 Å². The quantitative estimate of drug-likeness (QED) is 0.0301. The molecule has 0 saturated heterocycles. The van der Waals surface area contributed by atoms with Crippen molar-refractivity contribution in [1.29, 1.82) is 0 Å². The summed E-state index contributed by atoms with van der Waals surface area (Å²) in [6, 6.07) is 31.1. The molecule has 0 aliphatic carbocycles. The number of ether oxygens (including phenoxy) is 15. The van der Waals surface area contributed by atoms with Crippen molar-refractivity contribution in [2.45, 2.75) is 182 Å². The number of hydrogen-bond donors (Lipinski definition) is 0. The molecule has 12 atom stereocenters. The third-order valence-corrected chi connectivity index (χ3v) is 12.1. The van der Waals surface area contributed by atoms with Gasteiger partial charge in [-0.1, -0.05) is 91.0 Å². The van der Waals surface area contributed by atoms with Gasteiger partial charge in [-0.15, -0.1) is 0 Å². The van der Waals surface area contributed by atoms with E-state index in [-0.39, 0.29) is 73.2 Å². The Morgan fingerprint density at radius 1 is 0.316 bits per heavy atom. The molecule has 3 aromatic carbocycles. The summed E-state index contributed by atoms with van der Waals surface area (Å²) in [6.45, 7) is 33.9. The van der Waals surface area contributed by atoms with Crippen molar-refractivity contribution < 1.29 is 71.1 Å². The first-order valence-electron chi connectivity index (χ1n) is 27.7. The van der Waals surface area contributed by atoms with Gasteiger partial charge < -0.3 is 71.1 Å². The van der Waals surface area contributed by atoms with E-state index in [0.717, 1.165) is 16.7 Å². The van der Waals surface area contributed by atoms with Gasteiger partial charge in [-0.2, -0.15) is 0 Å². The fraction of sp³-hybridized carbons (Fsp3) is 0.705. The van der Waals surface area contributed by atoms with E-state index in [1.54, 1.807) is 7.11 Å². The van der Waals surface area contributed by atoms with Gasteiger partial charge in [-0.05, 0) is 114 Å². The standard InChI is InChI=1S/C61H100O15/c1-45(65-31-32-74-60(13,14)62-15)33-63-34-46(2)66-37-48(4)68-39-50(6)69-40-51(7)71-42-53(9)73-44-55(11)75-54(10)43-72-52(8)41-70-49(5)38-67-47(3)35-64-36-56(12)76-61(57-25-19-16-20-26-57,58-27-21-17-22-28-58)59-29-23-18-24-30-59/h16-30,45-56H,31-44H2,1-15H3. The molecule has 0 aromatic heterocycles. The highest BCUT2D eigenvalue weighted by Crippen LogP contribution is 2.41. The lowest BCUT2D eigenvalue weighted by Gasteiger charge is -2.38. The van der Waals surface area contributed by atoms with E-state index in [0.29, 0.717) is 92.5 Å². The molecule has 0 N–H and O–H groups in total. The Hall–Kier alpha value is -2.94. The minimum Gasteiger partial charge on any atom is -0.376 e. The van der Waals surface area contributed by atoms with Gasteiger partial charge in [0.25, 0.3) is 0 Å². The topological polar surface area (TPSA) is 138 Å². The van der Waals surface area contributed by atoms with Crippen LogP contribution in [-0.4, -0.2) is 179 Å². The highest BCUT2D eigenvalue weighted by atomic mass is 16.7. The molecule has 3 rings (SSSR count). The van der Waals surface area contributed by atoms with Crippen LogP contribution in [0.25, 0.3) is 0 Å². The monoisotopic (exact) mass is 1070 g/mol. The Morgan fingerprint density at radius 2 is 0.579 bits per heavy atom. The van der Waals surface area contributed by atoms with Gasteiger partial charge in [0.1, 0.15) is 5.60 Å². The molecule has 15 heteroatoms. The fourth-order valence-corrected chi connectivity index (χ4v) is 7.76. The zero-order chi connectivity index (χ0) is 55.8. The van der Waals surface area contributed by atoms with Crippen LogP contribution in [0.5, 0.6) is 0 Å². The van der Waals surface area contributed by atoms with Crippen LogP contribution in [0, 0.1) is 0 Å². The van der Waals surface area contributed by atoms with Crippen molar-refractivity contribution in [1.82, 2.24) is 0 Å². The molecule has 0 fully saturated rings. The minimum atomic E-state index is -0.808. The number of rotatable bonds is 45. The highest BCUT2D eigenvalue weighted by molar-refractivity contribution is 5.47. The smallest absolute Gasteiger partial charge is 0.162 e. The summed E-state index contributed by atoms with van der Waals surface area (Å²) in [5.41, 5.74) is 2.36. The first kappa shape index (κ1) is 67.3. The Balaban J connectivity index is 1.19. The van der Waals surface area contributed by atoms with Crippen LogP contribution in [0.4, 0.5) is 0 Å². The summed E-state index contributed by atoms with van der Waals surface area (Å²) in [4.78, 5) is 0. The second-order valence-electron chi connectivity index (χ2n) is 20.8. The third-order valence-electron chi connectivity index (χ3n) is 12.1. The molecule has 15 nitrogen and oxygen atoms in total. The Bertz CT molecular complexity index is 1750. The largest absolute Gasteiger partial charge is 0.376 e. The summed E-state index contributed by atoms with van der Waals surface area (Å²) >= 11 is 0. The van der Waals surface area contributed by atoms with Gasteiger partial charge in [-0.25, -0.2) is 0 Å². The number of methoxy groups -OCH3 is 1. The van der Waals surface area contributed by atoms with E-state index < -0.39 is 11.4 Å². The molecule has 0 spiro atoms. The van der Waals surface area contributed by atoms with Crippen molar-refractivity contribution in [2.24, 2.45) is 0 Å². The van der Waals surface area contributed by atoms with E-state index in [9.17, 15) is 0 Å². The Morgan fingerprint density at radius 3 is 0.882 bits per heavy atom. The highest BCUT2D eigenvalue weighted by Gasteiger charge is 2.39. The summed E-state index contributed by atoms with van der Waals surface area (Å²) in [5.74, 6) is -0.623. The molecule has 0 radical (unpaired) electrons. The molecule has 3 aromatic rings. The van der Waals surface area contributed by atoms with Crippen LogP contribution in [0.2, 0.25) is 0 Å². The molecule has 0 bridgehead atoms. The van der Waals surface area contributed by atoms with E-state index in [2.05, 4.69) is 79.7 Å². The van der Waals surface area contributed by atoms with Crippen LogP contribution in [0.3, 0.4) is 0 Å². The van der Waals surface area contributed by atoms with Crippen LogP contribution < -0.4 is 0 Å². The molecule has 0 amide bonds. The normalized spacial score (nSPS) is 17.2. The van der Waals surface area contributed by atoms with Crippen molar-refractivity contribution >= 4 is 0 Å². The van der Waals surface area contributed by atoms with E-state index >= 15 is 0 Å². The molecule has 0 aliphatic heterocycles. The molecular weight excluding hydrogens is 973 g/mol. The minimum absolute atomic E-state index is 0.0563. The Labute approximate surface area is 458 Å². The summed E-state index contributed by atoms with van der Waals surface area (Å²) in [7, 11) is 1.62. The van der Waals surface area contributed by atoms with Crippen molar-refractivity contribution in [2.75, 3.05) is 99.6 Å². The lowest BCUT2D eigenvalue weighted by molar-refractivity contribution is -0.205. The lowest BCUT2D eigenvalue weighted by Crippen LogP contribution is -2.38. The van der Waals surface area contributed by atoms with Gasteiger partial charge in [0, 0.05) is 7.11 Å². The molecule has 0 saturated carbocycles. The Kier molecular flexibility index (Phi) is 33.5. The number of hydrogen-bond acceptors (Lipinski definition) is 15. The van der Waals surface area contributed by atoms with Crippen LogP contribution >= 0.6 is 0 Å². The second-order valence-corrected chi connectivity index (χ2v) is 20.8. The average molecular weight is 1070 g/mol. The zero-order valence-electron chi connectivity index (χ0n) is 49.1. The van der Waals surface area contributed by atoms with E-state index in [4.69, 9.17) is 71.1 Å². The maximum Gasteiger partial charge on any atom is 0.162 e. The van der Waals surface area contributed by atoms with Gasteiger partial charge in [0.05, 0.1) is 166 Å². The van der Waals surface area contributed by atoms with Crippen molar-refractivity contribution in [3.63, 3.8) is 0 Å². The van der Waals surface area contributed by atoms with Crippen LogP contribution in [0.15, 0.2) is 91.0 Å². The van der Waals surface area contributed by atoms with Crippen LogP contribution in [0.1, 0.15) is 114 Å². The summed E-state index contributed by atoms with van der Waals surface area (Å²) in [5, 5.41) is 0. The van der Waals surface area contributed by atoms with Crippen LogP contribution in [-0.2, 0) is 76.7 Å². The maximum absolute atomic E-state index is 7.03. The SMILES string of the molecule is COC(C)(C)OCCOC(C)COCC(C)OCC(C)OCC(C)OCC(C)OCC(C)OCC(C)OC(C)COC(C)COC(C)COC(C)COCC(C)OC(c1ccccc1)(c1ccccc1)c1ccccc1. The summed E-state index contributed by atoms with van der Waals surface area (Å²) < 4.78 is 90.0. The van der Waals surface area contributed by atoms with E-state index in [1.807, 2.05) is 108 Å². The van der Waals surface area contributed by atoms with Gasteiger partial charge in [0.15, 0.2) is 5.79 Å². The molecular formula is C61H100O15. The van der Waals surface area contributed by atoms with E-state index in [1.165, 1.54) is 0 Å². The molecule has 12 unspecified atom stereocenters. The molecule has 0 heterocycles. The van der Waals surface area contributed by atoms with Gasteiger partial charge in [-0.3, -0.25) is 0 Å². The fourth-order valence-electron chi connectivity index (χ4n) is 7.76. The number of benzene rings is 3.